The lowest BCUT2D eigenvalue weighted by Gasteiger charge is -2.06. The van der Waals surface area contributed by atoms with Gasteiger partial charge < -0.3 is 10.4 Å². The van der Waals surface area contributed by atoms with E-state index in [1.54, 1.807) is 36.4 Å². The molecule has 130 valence electrons. The zero-order chi connectivity index (χ0) is 16.9. The molecular weight excluding hydrogens is 352 g/mol. The van der Waals surface area contributed by atoms with Crippen LogP contribution in [0.2, 0.25) is 0 Å². The fourth-order valence-electron chi connectivity index (χ4n) is 2.08. The summed E-state index contributed by atoms with van der Waals surface area (Å²) in [7, 11) is -3.65. The molecule has 0 aliphatic rings. The molecule has 2 aromatic rings. The Labute approximate surface area is 147 Å². The number of nitrogens with two attached hydrogens (primary N) is 1. The molecule has 0 saturated heterocycles. The number of carbonyl (C=O) groups is 1. The largest absolute Gasteiger partial charge is 0.478 e. The maximum atomic E-state index is 11.2. The van der Waals surface area contributed by atoms with E-state index in [1.165, 1.54) is 12.1 Å². The zero-order valence-corrected chi connectivity index (χ0v) is 14.4. The second-order valence-corrected chi connectivity index (χ2v) is 6.68. The van der Waals surface area contributed by atoms with Crippen LogP contribution in [-0.2, 0) is 23.0 Å². The van der Waals surface area contributed by atoms with Crippen LogP contribution >= 0.6 is 12.4 Å². The van der Waals surface area contributed by atoms with Gasteiger partial charge in [-0.2, -0.15) is 0 Å². The van der Waals surface area contributed by atoms with Crippen LogP contribution in [-0.4, -0.2) is 26.0 Å². The number of rotatable bonds is 7. The van der Waals surface area contributed by atoms with Gasteiger partial charge in [-0.1, -0.05) is 24.3 Å². The third-order valence-electron chi connectivity index (χ3n) is 3.37. The SMILES string of the molecule is Cl.NS(=O)(=O)c1ccc(CCNCc2ccc(C(=O)O)cc2)cc1. The van der Waals surface area contributed by atoms with Crippen LogP contribution < -0.4 is 10.5 Å². The van der Waals surface area contributed by atoms with Crippen LogP contribution in [0.1, 0.15) is 21.5 Å². The number of benzene rings is 2. The number of primary sulfonamides is 1. The van der Waals surface area contributed by atoms with E-state index in [9.17, 15) is 13.2 Å². The summed E-state index contributed by atoms with van der Waals surface area (Å²) in [4.78, 5) is 10.9. The van der Waals surface area contributed by atoms with Crippen molar-refractivity contribution < 1.29 is 18.3 Å². The summed E-state index contributed by atoms with van der Waals surface area (Å²) in [6.45, 7) is 1.35. The number of halogens is 1. The highest BCUT2D eigenvalue weighted by Gasteiger charge is 2.06. The van der Waals surface area contributed by atoms with Crippen LogP contribution in [0.25, 0.3) is 0 Å². The summed E-state index contributed by atoms with van der Waals surface area (Å²) in [5, 5.41) is 17.1. The lowest BCUT2D eigenvalue weighted by molar-refractivity contribution is 0.0697. The maximum absolute atomic E-state index is 11.2. The molecule has 0 unspecified atom stereocenters. The number of hydrogen-bond donors (Lipinski definition) is 3. The molecule has 8 heteroatoms. The number of nitrogens with one attached hydrogen (secondary N) is 1. The molecule has 0 aromatic heterocycles. The molecule has 0 spiro atoms. The summed E-state index contributed by atoms with van der Waals surface area (Å²) >= 11 is 0. The number of carboxylic acid groups (broad SMARTS) is 1. The summed E-state index contributed by atoms with van der Waals surface area (Å²) in [6, 6.07) is 13.2. The highest BCUT2D eigenvalue weighted by Crippen LogP contribution is 2.09. The molecule has 0 aliphatic heterocycles. The Kier molecular flexibility index (Phi) is 7.37. The lowest BCUT2D eigenvalue weighted by Crippen LogP contribution is -2.17. The number of carboxylic acids is 1. The predicted octanol–water partition coefficient (Wildman–Crippen LogP) is 1.79. The van der Waals surface area contributed by atoms with Gasteiger partial charge in [0.25, 0.3) is 0 Å². The van der Waals surface area contributed by atoms with Gasteiger partial charge in [0, 0.05) is 6.54 Å². The fourth-order valence-corrected chi connectivity index (χ4v) is 2.59. The normalized spacial score (nSPS) is 10.9. The molecule has 0 bridgehead atoms. The van der Waals surface area contributed by atoms with E-state index < -0.39 is 16.0 Å². The predicted molar refractivity (Wildman–Crippen MR) is 93.9 cm³/mol. The molecule has 0 saturated carbocycles. The van der Waals surface area contributed by atoms with Crippen LogP contribution in [0, 0.1) is 0 Å². The van der Waals surface area contributed by atoms with Gasteiger partial charge in [-0.05, 0) is 48.4 Å². The number of aromatic carboxylic acids is 1. The Morgan fingerprint density at radius 2 is 1.54 bits per heavy atom. The standard InChI is InChI=1S/C16H18N2O4S.ClH/c17-23(21,22)15-7-3-12(4-8-15)9-10-18-11-13-1-5-14(6-2-13)16(19)20;/h1-8,18H,9-11H2,(H,19,20)(H2,17,21,22);1H. The third kappa shape index (κ3) is 5.93. The second kappa shape index (κ2) is 8.79. The molecular formula is C16H19ClN2O4S. The molecule has 4 N–H and O–H groups in total. The van der Waals surface area contributed by atoms with Crippen molar-refractivity contribution in [2.75, 3.05) is 6.54 Å². The Morgan fingerprint density at radius 1 is 1.00 bits per heavy atom. The van der Waals surface area contributed by atoms with Gasteiger partial charge >= 0.3 is 5.97 Å². The van der Waals surface area contributed by atoms with E-state index in [-0.39, 0.29) is 22.9 Å². The highest BCUT2D eigenvalue weighted by atomic mass is 35.5. The first-order chi connectivity index (χ1) is 10.9. The van der Waals surface area contributed by atoms with Crippen molar-refractivity contribution in [3.63, 3.8) is 0 Å². The molecule has 0 fully saturated rings. The Bertz CT molecular complexity index is 775. The molecule has 24 heavy (non-hydrogen) atoms. The van der Waals surface area contributed by atoms with Crippen LogP contribution in [0.15, 0.2) is 53.4 Å². The minimum Gasteiger partial charge on any atom is -0.478 e. The topological polar surface area (TPSA) is 109 Å². The molecule has 0 amide bonds. The minimum absolute atomic E-state index is 0. The number of sulfonamides is 1. The lowest BCUT2D eigenvalue weighted by atomic mass is 10.1. The van der Waals surface area contributed by atoms with Crippen molar-refractivity contribution in [3.05, 3.63) is 65.2 Å². The highest BCUT2D eigenvalue weighted by molar-refractivity contribution is 7.89. The smallest absolute Gasteiger partial charge is 0.335 e. The number of hydrogen-bond acceptors (Lipinski definition) is 4. The van der Waals surface area contributed by atoms with Gasteiger partial charge in [0.2, 0.25) is 10.0 Å². The van der Waals surface area contributed by atoms with E-state index >= 15 is 0 Å². The molecule has 2 rings (SSSR count). The van der Waals surface area contributed by atoms with E-state index in [0.29, 0.717) is 6.54 Å². The van der Waals surface area contributed by atoms with Gasteiger partial charge in [0.15, 0.2) is 0 Å². The summed E-state index contributed by atoms with van der Waals surface area (Å²) in [5.74, 6) is -0.938. The van der Waals surface area contributed by atoms with Crippen LogP contribution in [0.4, 0.5) is 0 Å². The van der Waals surface area contributed by atoms with E-state index in [4.69, 9.17) is 10.2 Å². The average molecular weight is 371 g/mol. The molecule has 0 radical (unpaired) electrons. The summed E-state index contributed by atoms with van der Waals surface area (Å²) in [6.07, 6.45) is 0.748. The molecule has 0 heterocycles. The maximum Gasteiger partial charge on any atom is 0.335 e. The zero-order valence-electron chi connectivity index (χ0n) is 12.8. The molecule has 6 nitrogen and oxygen atoms in total. The van der Waals surface area contributed by atoms with Crippen LogP contribution in [0.3, 0.4) is 0 Å². The summed E-state index contributed by atoms with van der Waals surface area (Å²) in [5.41, 5.74) is 2.27. The van der Waals surface area contributed by atoms with Gasteiger partial charge in [-0.25, -0.2) is 18.4 Å². The van der Waals surface area contributed by atoms with E-state index in [1.807, 2.05) is 0 Å². The first-order valence-electron chi connectivity index (χ1n) is 7.01. The van der Waals surface area contributed by atoms with Gasteiger partial charge in [0.1, 0.15) is 0 Å². The van der Waals surface area contributed by atoms with Gasteiger partial charge in [-0.15, -0.1) is 12.4 Å². The van der Waals surface area contributed by atoms with Crippen molar-refractivity contribution in [1.29, 1.82) is 0 Å². The van der Waals surface area contributed by atoms with E-state index in [2.05, 4.69) is 5.32 Å². The van der Waals surface area contributed by atoms with Crippen molar-refractivity contribution in [1.82, 2.24) is 5.32 Å². The van der Waals surface area contributed by atoms with Crippen molar-refractivity contribution in [3.8, 4) is 0 Å². The first kappa shape index (κ1) is 20.1. The Morgan fingerprint density at radius 3 is 2.04 bits per heavy atom. The monoisotopic (exact) mass is 370 g/mol. The summed E-state index contributed by atoms with van der Waals surface area (Å²) < 4.78 is 22.3. The average Bonchev–Trinajstić information content (AvgIpc) is 2.51. The molecule has 2 aromatic carbocycles. The van der Waals surface area contributed by atoms with Crippen LogP contribution in [0.5, 0.6) is 0 Å². The van der Waals surface area contributed by atoms with Crippen molar-refractivity contribution in [2.45, 2.75) is 17.9 Å². The Balaban J connectivity index is 0.00000288. The minimum atomic E-state index is -3.65. The quantitative estimate of drug-likeness (QED) is 0.643. The Hall–Kier alpha value is -1.93. The van der Waals surface area contributed by atoms with Crippen molar-refractivity contribution in [2.24, 2.45) is 5.14 Å². The first-order valence-corrected chi connectivity index (χ1v) is 8.55. The fraction of sp³-hybridized carbons (Fsp3) is 0.188. The second-order valence-electron chi connectivity index (χ2n) is 5.12. The van der Waals surface area contributed by atoms with Gasteiger partial charge in [-0.3, -0.25) is 0 Å². The van der Waals surface area contributed by atoms with Crippen molar-refractivity contribution >= 4 is 28.4 Å². The molecule has 0 atom stereocenters. The van der Waals surface area contributed by atoms with E-state index in [0.717, 1.165) is 24.1 Å². The third-order valence-corrected chi connectivity index (χ3v) is 4.30. The molecule has 0 aliphatic carbocycles. The van der Waals surface area contributed by atoms with Gasteiger partial charge in [0.05, 0.1) is 10.5 Å².